The summed E-state index contributed by atoms with van der Waals surface area (Å²) in [6.07, 6.45) is 0.198. The van der Waals surface area contributed by atoms with Crippen LogP contribution in [0.5, 0.6) is 0 Å². The van der Waals surface area contributed by atoms with E-state index in [4.69, 9.17) is 0 Å². The average molecular weight is 399 g/mol. The number of aliphatic hydroxyl groups is 1. The third kappa shape index (κ3) is 4.25. The summed E-state index contributed by atoms with van der Waals surface area (Å²) in [4.78, 5) is 12.1. The van der Waals surface area contributed by atoms with E-state index in [0.717, 1.165) is 9.13 Å². The molecule has 2 rings (SSSR count). The average Bonchev–Trinajstić information content (AvgIpc) is 2.48. The van der Waals surface area contributed by atoms with Crippen molar-refractivity contribution in [1.29, 1.82) is 0 Å². The first-order chi connectivity index (χ1) is 10.1. The van der Waals surface area contributed by atoms with Crippen molar-refractivity contribution in [3.05, 3.63) is 69.0 Å². The number of hydrogen-bond donors (Lipinski definition) is 2. The standard InChI is InChI=1S/C16H15FINO2/c17-13-7-3-2-6-12(13)15(10-20)19-16(21)9-11-5-1-4-8-14(11)18/h1-8,15,20H,9-10H2,(H,19,21)/t15-/m0/s1. The third-order valence-electron chi connectivity index (χ3n) is 3.11. The van der Waals surface area contributed by atoms with E-state index >= 15 is 0 Å². The summed E-state index contributed by atoms with van der Waals surface area (Å²) in [5.41, 5.74) is 1.19. The molecule has 0 saturated heterocycles. The van der Waals surface area contributed by atoms with E-state index in [9.17, 15) is 14.3 Å². The van der Waals surface area contributed by atoms with Gasteiger partial charge in [-0.05, 0) is 40.3 Å². The molecule has 0 unspecified atom stereocenters. The molecule has 2 aromatic carbocycles. The predicted octanol–water partition coefficient (Wildman–Crippen LogP) is 2.82. The molecular weight excluding hydrogens is 384 g/mol. The van der Waals surface area contributed by atoms with E-state index in [0.29, 0.717) is 0 Å². The molecule has 0 aliphatic carbocycles. The van der Waals surface area contributed by atoms with E-state index in [1.165, 1.54) is 6.07 Å². The minimum absolute atomic E-state index is 0.198. The molecule has 0 saturated carbocycles. The number of nitrogens with one attached hydrogen (secondary N) is 1. The zero-order valence-electron chi connectivity index (χ0n) is 11.2. The van der Waals surface area contributed by atoms with Gasteiger partial charge >= 0.3 is 0 Å². The van der Waals surface area contributed by atoms with E-state index in [-0.39, 0.29) is 24.5 Å². The molecule has 0 heterocycles. The Balaban J connectivity index is 2.07. The summed E-state index contributed by atoms with van der Waals surface area (Å²) in [6.45, 7) is -0.349. The first-order valence-corrected chi connectivity index (χ1v) is 7.57. The van der Waals surface area contributed by atoms with Crippen LogP contribution in [0.3, 0.4) is 0 Å². The van der Waals surface area contributed by atoms with Gasteiger partial charge < -0.3 is 10.4 Å². The summed E-state index contributed by atoms with van der Waals surface area (Å²) in [7, 11) is 0. The van der Waals surface area contributed by atoms with Crippen LogP contribution in [-0.4, -0.2) is 17.6 Å². The molecule has 0 bridgehead atoms. The smallest absolute Gasteiger partial charge is 0.225 e. The van der Waals surface area contributed by atoms with Crippen LogP contribution in [0.2, 0.25) is 0 Å². The van der Waals surface area contributed by atoms with Crippen LogP contribution in [0.4, 0.5) is 4.39 Å². The third-order valence-corrected chi connectivity index (χ3v) is 4.16. The maximum absolute atomic E-state index is 13.7. The normalized spacial score (nSPS) is 12.0. The van der Waals surface area contributed by atoms with Crippen LogP contribution < -0.4 is 5.32 Å². The van der Waals surface area contributed by atoms with Gasteiger partial charge in [-0.3, -0.25) is 4.79 Å². The van der Waals surface area contributed by atoms with Crippen LogP contribution in [0.15, 0.2) is 48.5 Å². The van der Waals surface area contributed by atoms with Crippen LogP contribution in [-0.2, 0) is 11.2 Å². The van der Waals surface area contributed by atoms with Crippen LogP contribution >= 0.6 is 22.6 Å². The monoisotopic (exact) mass is 399 g/mol. The zero-order valence-corrected chi connectivity index (χ0v) is 13.4. The van der Waals surface area contributed by atoms with Crippen LogP contribution in [0, 0.1) is 9.39 Å². The number of carbonyl (C=O) groups is 1. The Labute approximate surface area is 136 Å². The maximum Gasteiger partial charge on any atom is 0.225 e. The SMILES string of the molecule is O=C(Cc1ccccc1I)N[C@@H](CO)c1ccccc1F. The molecule has 0 aromatic heterocycles. The number of aliphatic hydroxyl groups excluding tert-OH is 1. The highest BCUT2D eigenvalue weighted by Gasteiger charge is 2.17. The number of hydrogen-bond acceptors (Lipinski definition) is 2. The summed E-state index contributed by atoms with van der Waals surface area (Å²) < 4.78 is 14.7. The van der Waals surface area contributed by atoms with E-state index < -0.39 is 11.9 Å². The van der Waals surface area contributed by atoms with Gasteiger partial charge in [0.2, 0.25) is 5.91 Å². The van der Waals surface area contributed by atoms with E-state index in [1.54, 1.807) is 18.2 Å². The molecule has 2 aromatic rings. The predicted molar refractivity (Wildman–Crippen MR) is 87.2 cm³/mol. The largest absolute Gasteiger partial charge is 0.394 e. The number of halogens is 2. The Morgan fingerprint density at radius 2 is 1.86 bits per heavy atom. The molecule has 110 valence electrons. The van der Waals surface area contributed by atoms with Gasteiger partial charge in [-0.2, -0.15) is 0 Å². The van der Waals surface area contributed by atoms with Crippen LogP contribution in [0.25, 0.3) is 0 Å². The van der Waals surface area contributed by atoms with Gasteiger partial charge in [0.1, 0.15) is 5.82 Å². The summed E-state index contributed by atoms with van der Waals surface area (Å²) in [5, 5.41) is 12.1. The Hall–Kier alpha value is -1.47. The summed E-state index contributed by atoms with van der Waals surface area (Å²) in [5.74, 6) is -0.687. The van der Waals surface area contributed by atoms with Crippen LogP contribution in [0.1, 0.15) is 17.2 Å². The van der Waals surface area contributed by atoms with Gasteiger partial charge in [0, 0.05) is 9.13 Å². The van der Waals surface area contributed by atoms with Gasteiger partial charge in [-0.15, -0.1) is 0 Å². The number of amides is 1. The molecule has 21 heavy (non-hydrogen) atoms. The summed E-state index contributed by atoms with van der Waals surface area (Å²) >= 11 is 2.16. The van der Waals surface area contributed by atoms with Gasteiger partial charge in [0.25, 0.3) is 0 Å². The number of benzene rings is 2. The first-order valence-electron chi connectivity index (χ1n) is 6.50. The van der Waals surface area contributed by atoms with Crippen molar-refractivity contribution in [2.24, 2.45) is 0 Å². The maximum atomic E-state index is 13.7. The van der Waals surface area contributed by atoms with E-state index in [1.807, 2.05) is 24.3 Å². The topological polar surface area (TPSA) is 49.3 Å². The lowest BCUT2D eigenvalue weighted by atomic mass is 10.1. The van der Waals surface area contributed by atoms with Crippen molar-refractivity contribution in [1.82, 2.24) is 5.32 Å². The number of rotatable bonds is 5. The quantitative estimate of drug-likeness (QED) is 0.760. The fraction of sp³-hybridized carbons (Fsp3) is 0.188. The highest BCUT2D eigenvalue weighted by atomic mass is 127. The van der Waals surface area contributed by atoms with Crippen molar-refractivity contribution >= 4 is 28.5 Å². The first kappa shape index (κ1) is 15.9. The van der Waals surface area contributed by atoms with Crippen molar-refractivity contribution in [3.8, 4) is 0 Å². The second-order valence-corrected chi connectivity index (χ2v) is 5.75. The molecule has 0 fully saturated rings. The minimum Gasteiger partial charge on any atom is -0.394 e. The lowest BCUT2D eigenvalue weighted by Gasteiger charge is -2.17. The summed E-state index contributed by atoms with van der Waals surface area (Å²) in [6, 6.07) is 12.9. The second kappa shape index (κ2) is 7.51. The highest BCUT2D eigenvalue weighted by Crippen LogP contribution is 2.17. The van der Waals surface area contributed by atoms with Crippen molar-refractivity contribution in [2.45, 2.75) is 12.5 Å². The van der Waals surface area contributed by atoms with E-state index in [2.05, 4.69) is 27.9 Å². The Bertz CT molecular complexity index is 633. The molecule has 3 nitrogen and oxygen atoms in total. The lowest BCUT2D eigenvalue weighted by Crippen LogP contribution is -2.32. The highest BCUT2D eigenvalue weighted by molar-refractivity contribution is 14.1. The Kier molecular flexibility index (Phi) is 5.69. The molecule has 0 spiro atoms. The molecule has 0 aliphatic heterocycles. The molecule has 0 aliphatic rings. The van der Waals surface area contributed by atoms with Crippen molar-refractivity contribution in [2.75, 3.05) is 6.61 Å². The second-order valence-electron chi connectivity index (χ2n) is 4.59. The molecule has 1 atom stereocenters. The van der Waals surface area contributed by atoms with Gasteiger partial charge in [0.05, 0.1) is 19.1 Å². The van der Waals surface area contributed by atoms with Gasteiger partial charge in [0.15, 0.2) is 0 Å². The lowest BCUT2D eigenvalue weighted by molar-refractivity contribution is -0.121. The van der Waals surface area contributed by atoms with Crippen molar-refractivity contribution in [3.63, 3.8) is 0 Å². The Morgan fingerprint density at radius 3 is 2.52 bits per heavy atom. The fourth-order valence-electron chi connectivity index (χ4n) is 2.04. The molecular formula is C16H15FINO2. The zero-order chi connectivity index (χ0) is 15.2. The van der Waals surface area contributed by atoms with Gasteiger partial charge in [-0.1, -0.05) is 36.4 Å². The molecule has 2 N–H and O–H groups in total. The van der Waals surface area contributed by atoms with Gasteiger partial charge in [-0.25, -0.2) is 4.39 Å². The molecule has 0 radical (unpaired) electrons. The molecule has 5 heteroatoms. The molecule has 1 amide bonds. The number of carbonyl (C=O) groups excluding carboxylic acids is 1. The van der Waals surface area contributed by atoms with Crippen molar-refractivity contribution < 1.29 is 14.3 Å². The Morgan fingerprint density at radius 1 is 1.19 bits per heavy atom. The minimum atomic E-state index is -0.736. The fourth-order valence-corrected chi connectivity index (χ4v) is 2.62.